The third-order valence-electron chi connectivity index (χ3n) is 2.12. The first-order valence-electron chi connectivity index (χ1n) is 5.23. The molecular weight excluding hydrogens is 291 g/mol. The van der Waals surface area contributed by atoms with Crippen molar-refractivity contribution < 1.29 is 41.3 Å². The third kappa shape index (κ3) is 5.29. The van der Waals surface area contributed by atoms with Gasteiger partial charge in [0.25, 0.3) is 0 Å². The van der Waals surface area contributed by atoms with E-state index in [4.69, 9.17) is 5.11 Å². The summed E-state index contributed by atoms with van der Waals surface area (Å²) in [6, 6.07) is 2.93. The molecule has 1 N–H and O–H groups in total. The lowest BCUT2D eigenvalue weighted by atomic mass is 10.1. The number of rotatable bonds is 6. The van der Waals surface area contributed by atoms with Crippen molar-refractivity contribution in [2.75, 3.05) is 0 Å². The fourth-order valence-corrected chi connectivity index (χ4v) is 1.45. The first-order valence-corrected chi connectivity index (χ1v) is 5.23. The molecule has 0 saturated carbocycles. The molecular formula is C11H9F5O4. The Morgan fingerprint density at radius 3 is 2.35 bits per heavy atom. The van der Waals surface area contributed by atoms with Crippen molar-refractivity contribution >= 4 is 5.97 Å². The Balaban J connectivity index is 3.10. The van der Waals surface area contributed by atoms with Crippen LogP contribution < -0.4 is 9.47 Å². The van der Waals surface area contributed by atoms with Crippen molar-refractivity contribution in [1.82, 2.24) is 0 Å². The Morgan fingerprint density at radius 1 is 1.25 bits per heavy atom. The highest BCUT2D eigenvalue weighted by Gasteiger charge is 2.32. The summed E-state index contributed by atoms with van der Waals surface area (Å²) < 4.78 is 68.6. The van der Waals surface area contributed by atoms with Gasteiger partial charge in [-0.2, -0.15) is 8.78 Å². The zero-order valence-corrected chi connectivity index (χ0v) is 9.79. The second kappa shape index (κ2) is 6.40. The first kappa shape index (κ1) is 16.0. The van der Waals surface area contributed by atoms with Crippen LogP contribution in [0, 0.1) is 0 Å². The lowest BCUT2D eigenvalue weighted by Crippen LogP contribution is -2.19. The lowest BCUT2D eigenvalue weighted by Gasteiger charge is -2.16. The molecule has 0 saturated heterocycles. The van der Waals surface area contributed by atoms with Gasteiger partial charge in [0.05, 0.1) is 0 Å². The summed E-state index contributed by atoms with van der Waals surface area (Å²) in [6.07, 6.45) is -6.02. The van der Waals surface area contributed by atoms with Gasteiger partial charge in [-0.1, -0.05) is 6.07 Å². The standard InChI is InChI=1S/C11H9F5O4/c12-10(13)19-7-2-1-3-8(20-11(14,15)16)6(7)4-5-9(17)18/h1-3,10H,4-5H2,(H,17,18). The number of carboxylic acid groups (broad SMARTS) is 1. The summed E-state index contributed by atoms with van der Waals surface area (Å²) in [6.45, 7) is -3.25. The Morgan fingerprint density at radius 2 is 1.85 bits per heavy atom. The van der Waals surface area contributed by atoms with E-state index in [2.05, 4.69) is 9.47 Å². The van der Waals surface area contributed by atoms with Crippen LogP contribution in [0.4, 0.5) is 22.0 Å². The van der Waals surface area contributed by atoms with E-state index < -0.39 is 43.3 Å². The Kier molecular flexibility index (Phi) is 5.12. The molecule has 0 radical (unpaired) electrons. The third-order valence-corrected chi connectivity index (χ3v) is 2.12. The summed E-state index contributed by atoms with van der Waals surface area (Å²) in [7, 11) is 0. The zero-order valence-electron chi connectivity index (χ0n) is 9.79. The van der Waals surface area contributed by atoms with Gasteiger partial charge in [0, 0.05) is 12.0 Å². The molecule has 1 aromatic carbocycles. The zero-order chi connectivity index (χ0) is 15.3. The van der Waals surface area contributed by atoms with Gasteiger partial charge in [-0.15, -0.1) is 13.2 Å². The predicted octanol–water partition coefficient (Wildman–Crippen LogP) is 3.20. The number of halogens is 5. The largest absolute Gasteiger partial charge is 0.573 e. The first-order chi connectivity index (χ1) is 9.19. The van der Waals surface area contributed by atoms with E-state index in [1.165, 1.54) is 0 Å². The maximum atomic E-state index is 12.2. The van der Waals surface area contributed by atoms with E-state index >= 15 is 0 Å². The van der Waals surface area contributed by atoms with Gasteiger partial charge in [0.1, 0.15) is 11.5 Å². The molecule has 0 bridgehead atoms. The van der Waals surface area contributed by atoms with Gasteiger partial charge in [0.2, 0.25) is 0 Å². The summed E-state index contributed by atoms with van der Waals surface area (Å²) >= 11 is 0. The molecule has 0 spiro atoms. The van der Waals surface area contributed by atoms with Crippen LogP contribution in [0.25, 0.3) is 0 Å². The predicted molar refractivity (Wildman–Crippen MR) is 55.7 cm³/mol. The van der Waals surface area contributed by atoms with E-state index in [1.807, 2.05) is 0 Å². The van der Waals surface area contributed by atoms with E-state index in [-0.39, 0.29) is 5.56 Å². The van der Waals surface area contributed by atoms with Crippen LogP contribution in [0.15, 0.2) is 18.2 Å². The van der Waals surface area contributed by atoms with Crippen LogP contribution >= 0.6 is 0 Å². The maximum absolute atomic E-state index is 12.2. The fraction of sp³-hybridized carbons (Fsp3) is 0.364. The van der Waals surface area contributed by atoms with Gasteiger partial charge in [0.15, 0.2) is 0 Å². The van der Waals surface area contributed by atoms with E-state index in [9.17, 15) is 26.7 Å². The summed E-state index contributed by atoms with van der Waals surface area (Å²) in [5.41, 5.74) is -0.382. The van der Waals surface area contributed by atoms with Crippen molar-refractivity contribution in [2.24, 2.45) is 0 Å². The van der Waals surface area contributed by atoms with Crippen LogP contribution in [0.2, 0.25) is 0 Å². The van der Waals surface area contributed by atoms with Crippen molar-refractivity contribution in [2.45, 2.75) is 25.8 Å². The summed E-state index contributed by atoms with van der Waals surface area (Å²) in [5.74, 6) is -2.62. The topological polar surface area (TPSA) is 55.8 Å². The van der Waals surface area contributed by atoms with Gasteiger partial charge < -0.3 is 14.6 Å². The number of ether oxygens (including phenoxy) is 2. The highest BCUT2D eigenvalue weighted by Crippen LogP contribution is 2.34. The van der Waals surface area contributed by atoms with E-state index in [0.29, 0.717) is 0 Å². The van der Waals surface area contributed by atoms with Crippen LogP contribution in [-0.2, 0) is 11.2 Å². The molecule has 4 nitrogen and oxygen atoms in total. The molecule has 0 aromatic heterocycles. The molecule has 0 heterocycles. The number of hydrogen-bond acceptors (Lipinski definition) is 3. The lowest BCUT2D eigenvalue weighted by molar-refractivity contribution is -0.274. The number of carboxylic acids is 1. The number of aliphatic carboxylic acids is 1. The minimum Gasteiger partial charge on any atom is -0.481 e. The van der Waals surface area contributed by atoms with Gasteiger partial charge in [-0.3, -0.25) is 4.79 Å². The van der Waals surface area contributed by atoms with Gasteiger partial charge in [-0.05, 0) is 18.6 Å². The minimum atomic E-state index is -5.03. The molecule has 0 fully saturated rings. The number of hydrogen-bond donors (Lipinski definition) is 1. The molecule has 1 aromatic rings. The average molecular weight is 300 g/mol. The quantitative estimate of drug-likeness (QED) is 0.820. The summed E-state index contributed by atoms with van der Waals surface area (Å²) in [5, 5.41) is 8.52. The highest BCUT2D eigenvalue weighted by atomic mass is 19.4. The number of benzene rings is 1. The van der Waals surface area contributed by atoms with Crippen molar-refractivity contribution in [3.8, 4) is 11.5 Å². The number of alkyl halides is 5. The Bertz CT molecular complexity index is 472. The SMILES string of the molecule is O=C(O)CCc1c(OC(F)F)cccc1OC(F)(F)F. The normalized spacial score (nSPS) is 11.5. The monoisotopic (exact) mass is 300 g/mol. The number of carbonyl (C=O) groups is 1. The Hall–Kier alpha value is -2.06. The van der Waals surface area contributed by atoms with Gasteiger partial charge in [-0.25, -0.2) is 0 Å². The van der Waals surface area contributed by atoms with Crippen molar-refractivity contribution in [3.63, 3.8) is 0 Å². The van der Waals surface area contributed by atoms with Crippen LogP contribution in [-0.4, -0.2) is 24.0 Å². The smallest absolute Gasteiger partial charge is 0.481 e. The second-order valence-electron chi connectivity index (χ2n) is 3.55. The van der Waals surface area contributed by atoms with Crippen LogP contribution in [0.5, 0.6) is 11.5 Å². The van der Waals surface area contributed by atoms with E-state index in [1.54, 1.807) is 0 Å². The molecule has 9 heteroatoms. The minimum absolute atomic E-state index is 0.382. The molecule has 1 rings (SSSR count). The molecule has 0 aliphatic rings. The molecule has 0 atom stereocenters. The molecule has 0 unspecified atom stereocenters. The molecule has 0 aliphatic heterocycles. The fourth-order valence-electron chi connectivity index (χ4n) is 1.45. The molecule has 20 heavy (non-hydrogen) atoms. The van der Waals surface area contributed by atoms with Crippen LogP contribution in [0.1, 0.15) is 12.0 Å². The summed E-state index contributed by atoms with van der Waals surface area (Å²) in [4.78, 5) is 10.5. The highest BCUT2D eigenvalue weighted by molar-refractivity contribution is 5.67. The van der Waals surface area contributed by atoms with Gasteiger partial charge >= 0.3 is 18.9 Å². The average Bonchev–Trinajstić information content (AvgIpc) is 2.24. The second-order valence-corrected chi connectivity index (χ2v) is 3.55. The maximum Gasteiger partial charge on any atom is 0.573 e. The van der Waals surface area contributed by atoms with Crippen LogP contribution in [0.3, 0.4) is 0 Å². The van der Waals surface area contributed by atoms with Crippen molar-refractivity contribution in [3.05, 3.63) is 23.8 Å². The molecule has 0 aliphatic carbocycles. The molecule has 112 valence electrons. The Labute approximate surface area is 109 Å². The van der Waals surface area contributed by atoms with Crippen molar-refractivity contribution in [1.29, 1.82) is 0 Å². The van der Waals surface area contributed by atoms with E-state index in [0.717, 1.165) is 18.2 Å². The molecule has 0 amide bonds.